The molecule has 1 amide bonds. The zero-order valence-corrected chi connectivity index (χ0v) is 10.3. The fourth-order valence-corrected chi connectivity index (χ4v) is 2.46. The Labute approximate surface area is 103 Å². The minimum atomic E-state index is -0.538. The first-order valence-electron chi connectivity index (χ1n) is 5.31. The van der Waals surface area contributed by atoms with Gasteiger partial charge in [0, 0.05) is 16.9 Å². The Morgan fingerprint density at radius 2 is 2.29 bits per heavy atom. The van der Waals surface area contributed by atoms with E-state index in [0.29, 0.717) is 10.6 Å². The predicted octanol–water partition coefficient (Wildman–Crippen LogP) is 1.59. The predicted molar refractivity (Wildman–Crippen MR) is 70.3 cm³/mol. The van der Waals surface area contributed by atoms with E-state index in [1.807, 2.05) is 24.3 Å². The number of aliphatic hydroxyl groups is 1. The van der Waals surface area contributed by atoms with E-state index in [1.165, 1.54) is 11.3 Å². The third-order valence-electron chi connectivity index (χ3n) is 2.32. The number of nitrogen functional groups attached to an aromatic ring is 1. The number of amides is 1. The summed E-state index contributed by atoms with van der Waals surface area (Å²) in [5, 5.41) is 12.7. The summed E-state index contributed by atoms with van der Waals surface area (Å²) in [6.45, 7) is 1.89. The highest BCUT2D eigenvalue weighted by molar-refractivity contribution is 7.20. The first-order valence-corrected chi connectivity index (χ1v) is 6.13. The Kier molecular flexibility index (Phi) is 3.31. The van der Waals surface area contributed by atoms with Gasteiger partial charge in [-0.25, -0.2) is 0 Å². The summed E-state index contributed by atoms with van der Waals surface area (Å²) >= 11 is 1.42. The van der Waals surface area contributed by atoms with Crippen LogP contribution in [0.1, 0.15) is 16.6 Å². The first kappa shape index (κ1) is 11.9. The van der Waals surface area contributed by atoms with Crippen LogP contribution in [0.4, 0.5) is 5.69 Å². The molecule has 1 atom stereocenters. The number of nitrogens with two attached hydrogens (primary N) is 1. The van der Waals surface area contributed by atoms with Crippen molar-refractivity contribution < 1.29 is 9.90 Å². The first-order chi connectivity index (χ1) is 8.06. The number of aliphatic hydroxyl groups excluding tert-OH is 1. The number of benzene rings is 1. The molecule has 4 nitrogen and oxygen atoms in total. The third kappa shape index (κ3) is 2.75. The number of fused-ring (bicyclic) bond motifs is 1. The van der Waals surface area contributed by atoms with Crippen molar-refractivity contribution in [3.8, 4) is 0 Å². The minimum absolute atomic E-state index is 0.161. The monoisotopic (exact) mass is 250 g/mol. The van der Waals surface area contributed by atoms with E-state index >= 15 is 0 Å². The van der Waals surface area contributed by atoms with Crippen LogP contribution >= 0.6 is 11.3 Å². The molecule has 1 aromatic heterocycles. The lowest BCUT2D eigenvalue weighted by Crippen LogP contribution is -2.29. The summed E-state index contributed by atoms with van der Waals surface area (Å²) in [5.41, 5.74) is 6.36. The molecule has 0 spiro atoms. The lowest BCUT2D eigenvalue weighted by atomic mass is 10.2. The van der Waals surface area contributed by atoms with E-state index in [-0.39, 0.29) is 12.5 Å². The maximum atomic E-state index is 11.8. The van der Waals surface area contributed by atoms with Crippen molar-refractivity contribution in [3.63, 3.8) is 0 Å². The van der Waals surface area contributed by atoms with Gasteiger partial charge in [-0.15, -0.1) is 11.3 Å². The summed E-state index contributed by atoms with van der Waals surface area (Å²) in [4.78, 5) is 12.4. The molecule has 1 aromatic carbocycles. The van der Waals surface area contributed by atoms with E-state index in [9.17, 15) is 4.79 Å². The molecule has 0 saturated heterocycles. The Hall–Kier alpha value is -1.59. The summed E-state index contributed by atoms with van der Waals surface area (Å²) in [6.07, 6.45) is -0.538. The van der Waals surface area contributed by atoms with Crippen molar-refractivity contribution >= 4 is 33.0 Å². The number of hydrogen-bond donors (Lipinski definition) is 3. The number of carbonyl (C=O) groups is 1. The van der Waals surface area contributed by atoms with Gasteiger partial charge in [-0.1, -0.05) is 0 Å². The SMILES string of the molecule is C[C@@H](O)CNC(=O)c1cc2cc(N)ccc2s1. The molecule has 0 radical (unpaired) electrons. The minimum Gasteiger partial charge on any atom is -0.399 e. The largest absolute Gasteiger partial charge is 0.399 e. The average molecular weight is 250 g/mol. The van der Waals surface area contributed by atoms with Crippen LogP contribution in [-0.2, 0) is 0 Å². The van der Waals surface area contributed by atoms with E-state index in [2.05, 4.69) is 5.32 Å². The molecule has 1 heterocycles. The highest BCUT2D eigenvalue weighted by Gasteiger charge is 2.10. The molecule has 0 unspecified atom stereocenters. The smallest absolute Gasteiger partial charge is 0.261 e. The average Bonchev–Trinajstić information content (AvgIpc) is 2.68. The van der Waals surface area contributed by atoms with Gasteiger partial charge in [-0.05, 0) is 36.6 Å². The van der Waals surface area contributed by atoms with Gasteiger partial charge in [0.2, 0.25) is 0 Å². The van der Waals surface area contributed by atoms with E-state index in [0.717, 1.165) is 10.1 Å². The van der Waals surface area contributed by atoms with Gasteiger partial charge in [0.15, 0.2) is 0 Å². The maximum absolute atomic E-state index is 11.8. The highest BCUT2D eigenvalue weighted by Crippen LogP contribution is 2.27. The van der Waals surface area contributed by atoms with Gasteiger partial charge in [-0.3, -0.25) is 4.79 Å². The van der Waals surface area contributed by atoms with Crippen molar-refractivity contribution in [2.75, 3.05) is 12.3 Å². The zero-order valence-electron chi connectivity index (χ0n) is 9.43. The second-order valence-electron chi connectivity index (χ2n) is 3.97. The van der Waals surface area contributed by atoms with Gasteiger partial charge in [0.25, 0.3) is 5.91 Å². The van der Waals surface area contributed by atoms with Gasteiger partial charge in [0.05, 0.1) is 11.0 Å². The van der Waals surface area contributed by atoms with Crippen LogP contribution in [0.5, 0.6) is 0 Å². The lowest BCUT2D eigenvalue weighted by Gasteiger charge is -2.04. The van der Waals surface area contributed by atoms with Crippen LogP contribution in [-0.4, -0.2) is 23.7 Å². The topological polar surface area (TPSA) is 75.3 Å². The van der Waals surface area contributed by atoms with E-state index in [4.69, 9.17) is 10.8 Å². The second-order valence-corrected chi connectivity index (χ2v) is 5.05. The molecule has 2 aromatic rings. The normalized spacial score (nSPS) is 12.6. The molecule has 4 N–H and O–H groups in total. The Balaban J connectivity index is 2.21. The molecule has 90 valence electrons. The van der Waals surface area contributed by atoms with E-state index in [1.54, 1.807) is 6.92 Å². The Morgan fingerprint density at radius 3 is 3.00 bits per heavy atom. The molecule has 5 heteroatoms. The number of carbonyl (C=O) groups excluding carboxylic acids is 1. The lowest BCUT2D eigenvalue weighted by molar-refractivity contribution is 0.0928. The van der Waals surface area contributed by atoms with Crippen molar-refractivity contribution in [2.24, 2.45) is 0 Å². The van der Waals surface area contributed by atoms with Crippen LogP contribution < -0.4 is 11.1 Å². The molecular weight excluding hydrogens is 236 g/mol. The summed E-state index contributed by atoms with van der Waals surface area (Å²) < 4.78 is 1.03. The number of thiophene rings is 1. The van der Waals surface area contributed by atoms with Gasteiger partial charge >= 0.3 is 0 Å². The van der Waals surface area contributed by atoms with E-state index < -0.39 is 6.10 Å². The molecule has 0 aliphatic rings. The van der Waals surface area contributed by atoms with Gasteiger partial charge in [0.1, 0.15) is 0 Å². The quantitative estimate of drug-likeness (QED) is 0.724. The van der Waals surface area contributed by atoms with Crippen LogP contribution in [0.15, 0.2) is 24.3 Å². The highest BCUT2D eigenvalue weighted by atomic mass is 32.1. The van der Waals surface area contributed by atoms with Crippen molar-refractivity contribution in [1.29, 1.82) is 0 Å². The molecular formula is C12H14N2O2S. The fourth-order valence-electron chi connectivity index (χ4n) is 1.50. The van der Waals surface area contributed by atoms with Crippen molar-refractivity contribution in [2.45, 2.75) is 13.0 Å². The van der Waals surface area contributed by atoms with Crippen molar-refractivity contribution in [3.05, 3.63) is 29.1 Å². The molecule has 0 bridgehead atoms. The molecule has 0 saturated carbocycles. The zero-order chi connectivity index (χ0) is 12.4. The fraction of sp³-hybridized carbons (Fsp3) is 0.250. The molecule has 17 heavy (non-hydrogen) atoms. The Morgan fingerprint density at radius 1 is 1.53 bits per heavy atom. The molecule has 2 rings (SSSR count). The number of hydrogen-bond acceptors (Lipinski definition) is 4. The maximum Gasteiger partial charge on any atom is 0.261 e. The number of rotatable bonds is 3. The molecule has 0 aliphatic carbocycles. The third-order valence-corrected chi connectivity index (χ3v) is 3.44. The van der Waals surface area contributed by atoms with Crippen LogP contribution in [0, 0.1) is 0 Å². The number of anilines is 1. The summed E-state index contributed by atoms with van der Waals surface area (Å²) in [7, 11) is 0. The van der Waals surface area contributed by atoms with Gasteiger partial charge < -0.3 is 16.2 Å². The summed E-state index contributed by atoms with van der Waals surface area (Å²) in [6, 6.07) is 7.38. The van der Waals surface area contributed by atoms with Crippen molar-refractivity contribution in [1.82, 2.24) is 5.32 Å². The van der Waals surface area contributed by atoms with Crippen LogP contribution in [0.2, 0.25) is 0 Å². The molecule has 0 aliphatic heterocycles. The second kappa shape index (κ2) is 4.73. The van der Waals surface area contributed by atoms with Gasteiger partial charge in [-0.2, -0.15) is 0 Å². The molecule has 0 fully saturated rings. The van der Waals surface area contributed by atoms with Crippen LogP contribution in [0.25, 0.3) is 10.1 Å². The number of nitrogens with one attached hydrogen (secondary N) is 1. The van der Waals surface area contributed by atoms with Crippen LogP contribution in [0.3, 0.4) is 0 Å². The summed E-state index contributed by atoms with van der Waals surface area (Å²) in [5.74, 6) is -0.161. The standard InChI is InChI=1S/C12H14N2O2S/c1-7(15)6-14-12(16)11-5-8-4-9(13)2-3-10(8)17-11/h2-5,7,15H,6,13H2,1H3,(H,14,16)/t7-/m1/s1. The Bertz CT molecular complexity index is 548.